The van der Waals surface area contributed by atoms with E-state index in [-0.39, 0.29) is 55.3 Å². The molecule has 1 unspecified atom stereocenters. The zero-order valence-corrected chi connectivity index (χ0v) is 66.2. The largest absolute Gasteiger partial charge is 0.490 e. The third kappa shape index (κ3) is 44.5. The minimum Gasteiger partial charge on any atom is -0.490 e. The smallest absolute Gasteiger partial charge is 0.326 e. The highest BCUT2D eigenvalue weighted by molar-refractivity contribution is 5.96. The second kappa shape index (κ2) is 63.8. The van der Waals surface area contributed by atoms with Crippen LogP contribution >= 0.6 is 0 Å². The molecule has 3 rings (SSSR count). The molecule has 2 aliphatic heterocycles. The number of aliphatic carboxylic acids is 1. The lowest BCUT2D eigenvalue weighted by Crippen LogP contribution is -2.56. The number of carboxylic acids is 1. The number of hydrogen-bond donors (Lipinski definition) is 4. The first-order valence-corrected chi connectivity index (χ1v) is 43.0. The Morgan fingerprint density at radius 1 is 0.471 bits per heavy atom. The SMILES string of the molecule is CCCCCCCCCCCCCCCCCCOc1cc(C(=O)NCCOCCOCCNC(=O)/C=C/C[C@H]2CC[C@@H](C(=O)N3CCC[C@H]3C(=O)O)N2C(=O)C(N)C(C)C)cc(OCCCCCCCCCCCCCCCCCC)c1OCCCCCCCCCCCCCCCCCC. The van der Waals surface area contributed by atoms with Crippen molar-refractivity contribution >= 4 is 29.6 Å². The van der Waals surface area contributed by atoms with Crippen LogP contribution < -0.4 is 30.6 Å². The summed E-state index contributed by atoms with van der Waals surface area (Å²) in [6.45, 7) is 14.3. The maximum absolute atomic E-state index is 14.0. The zero-order chi connectivity index (χ0) is 73.6. The molecule has 0 bridgehead atoms. The first-order valence-electron chi connectivity index (χ1n) is 43.0. The van der Waals surface area contributed by atoms with E-state index < -0.39 is 24.1 Å². The number of ether oxygens (including phenoxy) is 5. The number of carbonyl (C=O) groups is 5. The van der Waals surface area contributed by atoms with Crippen LogP contribution in [0.1, 0.15) is 385 Å². The molecule has 0 aromatic heterocycles. The molecule has 2 fully saturated rings. The van der Waals surface area contributed by atoms with E-state index in [2.05, 4.69) is 31.4 Å². The molecule has 16 nitrogen and oxygen atoms in total. The van der Waals surface area contributed by atoms with Crippen molar-refractivity contribution in [3.05, 3.63) is 29.8 Å². The number of hydrogen-bond acceptors (Lipinski definition) is 11. The van der Waals surface area contributed by atoms with E-state index in [0.29, 0.717) is 101 Å². The van der Waals surface area contributed by atoms with Crippen LogP contribution in [0, 0.1) is 5.92 Å². The summed E-state index contributed by atoms with van der Waals surface area (Å²) in [6, 6.07) is 0.797. The van der Waals surface area contributed by atoms with Crippen molar-refractivity contribution < 1.29 is 52.8 Å². The molecular weight excluding hydrogens is 1280 g/mol. The summed E-state index contributed by atoms with van der Waals surface area (Å²) in [5.41, 5.74) is 6.79. The average molecular weight is 1440 g/mol. The molecule has 590 valence electrons. The summed E-state index contributed by atoms with van der Waals surface area (Å²) in [5, 5.41) is 15.6. The predicted molar refractivity (Wildman–Crippen MR) is 421 cm³/mol. The van der Waals surface area contributed by atoms with Gasteiger partial charge in [-0.15, -0.1) is 0 Å². The number of nitrogens with one attached hydrogen (secondary N) is 2. The number of unbranched alkanes of at least 4 members (excludes halogenated alkanes) is 45. The van der Waals surface area contributed by atoms with Crippen LogP contribution in [0.5, 0.6) is 17.2 Å². The van der Waals surface area contributed by atoms with Gasteiger partial charge in [-0.05, 0) is 75.5 Å². The average Bonchev–Trinajstić information content (AvgIpc) is 1.58. The van der Waals surface area contributed by atoms with Crippen molar-refractivity contribution in [3.8, 4) is 17.2 Å². The Morgan fingerprint density at radius 3 is 1.21 bits per heavy atom. The molecule has 2 heterocycles. The van der Waals surface area contributed by atoms with Crippen molar-refractivity contribution in [2.24, 2.45) is 11.7 Å². The Morgan fingerprint density at radius 2 is 0.833 bits per heavy atom. The lowest BCUT2D eigenvalue weighted by molar-refractivity contribution is -0.152. The number of nitrogens with zero attached hydrogens (tertiary/aromatic N) is 2. The number of amides is 4. The summed E-state index contributed by atoms with van der Waals surface area (Å²) in [6.07, 6.45) is 68.2. The minimum atomic E-state index is -1.04. The molecule has 2 aliphatic rings. The normalized spacial score (nSPS) is 15.7. The van der Waals surface area contributed by atoms with E-state index in [0.717, 1.165) is 38.5 Å². The van der Waals surface area contributed by atoms with Crippen molar-refractivity contribution in [2.75, 3.05) is 65.9 Å². The summed E-state index contributed by atoms with van der Waals surface area (Å²) in [4.78, 5) is 69.1. The van der Waals surface area contributed by atoms with E-state index in [1.54, 1.807) is 11.0 Å². The summed E-state index contributed by atoms with van der Waals surface area (Å²) < 4.78 is 31.5. The summed E-state index contributed by atoms with van der Waals surface area (Å²) >= 11 is 0. The van der Waals surface area contributed by atoms with Gasteiger partial charge in [-0.25, -0.2) is 4.79 Å². The first-order chi connectivity index (χ1) is 49.9. The van der Waals surface area contributed by atoms with Gasteiger partial charge in [-0.3, -0.25) is 19.2 Å². The second-order valence-corrected chi connectivity index (χ2v) is 30.5. The van der Waals surface area contributed by atoms with Gasteiger partial charge in [0, 0.05) is 31.2 Å². The van der Waals surface area contributed by atoms with Crippen LogP contribution in [-0.2, 0) is 28.7 Å². The molecule has 16 heteroatoms. The van der Waals surface area contributed by atoms with Gasteiger partial charge >= 0.3 is 5.97 Å². The second-order valence-electron chi connectivity index (χ2n) is 30.5. The van der Waals surface area contributed by atoms with Crippen LogP contribution in [0.15, 0.2) is 24.3 Å². The molecular formula is C86H155N5O11. The van der Waals surface area contributed by atoms with E-state index in [9.17, 15) is 29.1 Å². The molecule has 4 atom stereocenters. The highest BCUT2D eigenvalue weighted by atomic mass is 16.5. The zero-order valence-electron chi connectivity index (χ0n) is 66.2. The van der Waals surface area contributed by atoms with Crippen molar-refractivity contribution in [3.63, 3.8) is 0 Å². The fourth-order valence-corrected chi connectivity index (χ4v) is 14.5. The Bertz CT molecular complexity index is 2210. The number of nitrogens with two attached hydrogens (primary N) is 1. The van der Waals surface area contributed by atoms with Gasteiger partial charge in [0.15, 0.2) is 11.5 Å². The maximum atomic E-state index is 14.0. The molecule has 4 amide bonds. The van der Waals surface area contributed by atoms with Gasteiger partial charge in [0.05, 0.1) is 52.3 Å². The molecule has 102 heavy (non-hydrogen) atoms. The number of likely N-dealkylation sites (tertiary alicyclic amines) is 2. The van der Waals surface area contributed by atoms with Gasteiger partial charge < -0.3 is 55.0 Å². The standard InChI is InChI=1S/C86H155N5O11/c1-6-9-12-15-18-21-24-27-30-33-36-39-42-45-48-51-64-100-78-71-74(83(93)89-62-68-99-70-69-98-67-61-88-80(92)58-54-56-75-59-60-76(91(75)85(95)81(87)73(4)5)84(94)90-63-55-57-77(90)86(96)97)72-79(101-65-52-49-46-43-40-37-34-31-28-25-22-19-16-13-10-7-2)82(78)102-66-53-50-47-44-41-38-35-32-29-26-23-20-17-14-11-8-3/h54,58,71-73,75-77,81H,6-53,55-57,59-70,87H2,1-5H3,(H,88,92)(H,89,93)(H,96,97)/b58-54+/t75-,76-,77-,81?/m0/s1. The molecule has 5 N–H and O–H groups in total. The molecule has 0 aliphatic carbocycles. The number of benzene rings is 1. The van der Waals surface area contributed by atoms with Gasteiger partial charge in [0.1, 0.15) is 12.1 Å². The van der Waals surface area contributed by atoms with Crippen LogP contribution in [0.3, 0.4) is 0 Å². The lowest BCUT2D eigenvalue weighted by Gasteiger charge is -2.35. The Kier molecular flexibility index (Phi) is 57.4. The minimum absolute atomic E-state index is 0.161. The molecule has 1 aromatic rings. The maximum Gasteiger partial charge on any atom is 0.326 e. The van der Waals surface area contributed by atoms with Gasteiger partial charge in [0.2, 0.25) is 23.5 Å². The lowest BCUT2D eigenvalue weighted by atomic mass is 10.0. The third-order valence-corrected chi connectivity index (χ3v) is 21.0. The molecule has 0 spiro atoms. The van der Waals surface area contributed by atoms with Crippen LogP contribution in [0.25, 0.3) is 0 Å². The molecule has 2 saturated heterocycles. The van der Waals surface area contributed by atoms with Gasteiger partial charge in [-0.1, -0.05) is 330 Å². The van der Waals surface area contributed by atoms with E-state index in [1.807, 2.05) is 26.0 Å². The Labute approximate surface area is 623 Å². The number of rotatable bonds is 71. The van der Waals surface area contributed by atoms with E-state index in [4.69, 9.17) is 29.4 Å². The fraction of sp³-hybridized carbons (Fsp3) is 0.849. The van der Waals surface area contributed by atoms with Crippen LogP contribution in [0.4, 0.5) is 0 Å². The monoisotopic (exact) mass is 1430 g/mol. The van der Waals surface area contributed by atoms with Crippen molar-refractivity contribution in [1.82, 2.24) is 20.4 Å². The highest BCUT2D eigenvalue weighted by Gasteiger charge is 2.46. The number of carboxylic acid groups (broad SMARTS) is 1. The Balaban J connectivity index is 1.53. The predicted octanol–water partition coefficient (Wildman–Crippen LogP) is 20.9. The number of carbonyl (C=O) groups excluding carboxylic acids is 4. The summed E-state index contributed by atoms with van der Waals surface area (Å²) in [5.74, 6) is -0.702. The third-order valence-electron chi connectivity index (χ3n) is 21.0. The van der Waals surface area contributed by atoms with E-state index in [1.165, 1.54) is 281 Å². The topological polar surface area (TPSA) is 208 Å². The van der Waals surface area contributed by atoms with Crippen molar-refractivity contribution in [2.45, 2.75) is 399 Å². The fourth-order valence-electron chi connectivity index (χ4n) is 14.5. The van der Waals surface area contributed by atoms with E-state index >= 15 is 0 Å². The molecule has 0 saturated carbocycles. The van der Waals surface area contributed by atoms with Crippen LogP contribution in [0.2, 0.25) is 0 Å². The first kappa shape index (κ1) is 91.8. The van der Waals surface area contributed by atoms with Gasteiger partial charge in [-0.2, -0.15) is 0 Å². The van der Waals surface area contributed by atoms with Crippen molar-refractivity contribution in [1.29, 1.82) is 0 Å². The quantitative estimate of drug-likeness (QED) is 0.0355. The summed E-state index contributed by atoms with van der Waals surface area (Å²) in [7, 11) is 0. The molecule has 0 radical (unpaired) electrons. The van der Waals surface area contributed by atoms with Gasteiger partial charge in [0.25, 0.3) is 5.91 Å². The molecule has 1 aromatic carbocycles. The van der Waals surface area contributed by atoms with Crippen LogP contribution in [-0.4, -0.2) is 135 Å². The Hall–Kier alpha value is -4.41. The highest BCUT2D eigenvalue weighted by Crippen LogP contribution is 2.40.